The third-order valence-corrected chi connectivity index (χ3v) is 7.85. The van der Waals surface area contributed by atoms with Crippen LogP contribution < -0.4 is 20.7 Å². The van der Waals surface area contributed by atoms with Gasteiger partial charge in [0, 0.05) is 35.9 Å². The van der Waals surface area contributed by atoms with Crippen LogP contribution >= 0.6 is 11.6 Å². The fraction of sp³-hybridized carbons (Fsp3) is 0.462. The van der Waals surface area contributed by atoms with E-state index in [0.29, 0.717) is 37.6 Å². The molecule has 10 nitrogen and oxygen atoms in total. The highest BCUT2D eigenvalue weighted by Crippen LogP contribution is 2.43. The summed E-state index contributed by atoms with van der Waals surface area (Å²) in [5, 5.41) is 17.0. The Morgan fingerprint density at radius 3 is 2.62 bits per heavy atom. The lowest BCUT2D eigenvalue weighted by molar-refractivity contribution is -0.198. The molecule has 4 N–H and O–H groups in total. The fourth-order valence-electron chi connectivity index (χ4n) is 5.52. The summed E-state index contributed by atoms with van der Waals surface area (Å²) in [7, 11) is 0. The first-order valence-corrected chi connectivity index (χ1v) is 13.2. The Bertz CT molecular complexity index is 1390. The van der Waals surface area contributed by atoms with E-state index in [2.05, 4.69) is 20.4 Å². The standard InChI is InChI=1S/C26H29ClF3N7O3/c1-15-4-9-37(35-15)19-12-16(27)2-3-17(19)22(26(28,29)30)40-21-13-20(33-24(31)34-21)36-10-6-25(7-11-36)5-8-32-18(14-25)23(38)39/h2-4,9,12-13,18,22,32H,5-8,10-11,14H2,1H3,(H,38,39)(H2,31,33,34)/t18?,22-/m1/s1. The Morgan fingerprint density at radius 2 is 1.98 bits per heavy atom. The highest BCUT2D eigenvalue weighted by Gasteiger charge is 2.45. The Kier molecular flexibility index (Phi) is 7.53. The van der Waals surface area contributed by atoms with Gasteiger partial charge >= 0.3 is 12.1 Å². The van der Waals surface area contributed by atoms with Crippen molar-refractivity contribution in [1.29, 1.82) is 0 Å². The normalized spacial score (nSPS) is 19.9. The SMILES string of the molecule is Cc1ccn(-c2cc(Cl)ccc2[C@@H](Oc2cc(N3CCC4(CCNC(C(=O)O)C4)CC3)nc(N)n2)C(F)(F)F)n1. The van der Waals surface area contributed by atoms with Gasteiger partial charge in [0.25, 0.3) is 0 Å². The number of aliphatic carboxylic acids is 1. The number of benzene rings is 1. The number of piperidine rings is 2. The molecular formula is C26H29ClF3N7O3. The van der Waals surface area contributed by atoms with Gasteiger partial charge in [0.05, 0.1) is 11.4 Å². The number of nitrogens with one attached hydrogen (secondary N) is 1. The van der Waals surface area contributed by atoms with Gasteiger partial charge in [0.1, 0.15) is 11.9 Å². The molecule has 2 aromatic heterocycles. The minimum absolute atomic E-state index is 0.111. The molecule has 0 bridgehead atoms. The minimum atomic E-state index is -4.81. The Morgan fingerprint density at radius 1 is 1.23 bits per heavy atom. The van der Waals surface area contributed by atoms with Gasteiger partial charge in [-0.2, -0.15) is 28.2 Å². The second-order valence-electron chi connectivity index (χ2n) is 10.4. The maximum absolute atomic E-state index is 14.4. The number of hydrogen-bond acceptors (Lipinski definition) is 8. The van der Waals surface area contributed by atoms with E-state index >= 15 is 0 Å². The summed E-state index contributed by atoms with van der Waals surface area (Å²) in [5.41, 5.74) is 6.34. The van der Waals surface area contributed by atoms with Crippen LogP contribution in [0.2, 0.25) is 5.02 Å². The Labute approximate surface area is 233 Å². The zero-order valence-corrected chi connectivity index (χ0v) is 22.4. The van der Waals surface area contributed by atoms with Gasteiger partial charge in [-0.1, -0.05) is 17.7 Å². The average Bonchev–Trinajstić information content (AvgIpc) is 3.33. The van der Waals surface area contributed by atoms with Crippen molar-refractivity contribution < 1.29 is 27.8 Å². The van der Waals surface area contributed by atoms with Crippen LogP contribution in [0.25, 0.3) is 5.69 Å². The zero-order valence-electron chi connectivity index (χ0n) is 21.7. The van der Waals surface area contributed by atoms with E-state index in [1.807, 2.05) is 4.90 Å². The van der Waals surface area contributed by atoms with Crippen LogP contribution in [0.1, 0.15) is 43.0 Å². The number of ether oxygens (including phenoxy) is 1. The molecule has 3 aromatic rings. The molecule has 4 heterocycles. The number of aryl methyl sites for hydroxylation is 1. The molecule has 2 aliphatic rings. The molecule has 2 aliphatic heterocycles. The molecule has 0 aliphatic carbocycles. The summed E-state index contributed by atoms with van der Waals surface area (Å²) >= 11 is 6.12. The molecule has 5 rings (SSSR count). The van der Waals surface area contributed by atoms with E-state index in [-0.39, 0.29) is 33.5 Å². The maximum atomic E-state index is 14.4. The van der Waals surface area contributed by atoms with Crippen LogP contribution in [0.3, 0.4) is 0 Å². The van der Waals surface area contributed by atoms with E-state index < -0.39 is 24.3 Å². The quantitative estimate of drug-likeness (QED) is 0.391. The van der Waals surface area contributed by atoms with Gasteiger partial charge in [-0.25, -0.2) is 4.68 Å². The van der Waals surface area contributed by atoms with Crippen molar-refractivity contribution >= 4 is 29.3 Å². The summed E-state index contributed by atoms with van der Waals surface area (Å²) in [4.78, 5) is 21.6. The summed E-state index contributed by atoms with van der Waals surface area (Å²) in [6, 6.07) is 6.44. The number of alkyl halides is 3. The van der Waals surface area contributed by atoms with Crippen molar-refractivity contribution in [3.8, 4) is 11.6 Å². The average molecular weight is 580 g/mol. The molecule has 0 amide bonds. The zero-order chi connectivity index (χ0) is 28.7. The second-order valence-corrected chi connectivity index (χ2v) is 10.8. The van der Waals surface area contributed by atoms with E-state index in [1.165, 1.54) is 28.9 Å². The lowest BCUT2D eigenvalue weighted by atomic mass is 9.69. The number of aromatic nitrogens is 4. The van der Waals surface area contributed by atoms with Crippen molar-refractivity contribution in [2.45, 2.75) is 50.9 Å². The van der Waals surface area contributed by atoms with Crippen LogP contribution in [0, 0.1) is 12.3 Å². The van der Waals surface area contributed by atoms with Gasteiger partial charge in [0.2, 0.25) is 17.9 Å². The van der Waals surface area contributed by atoms with Crippen molar-refractivity contribution in [2.75, 3.05) is 30.3 Å². The third-order valence-electron chi connectivity index (χ3n) is 7.62. The first kappa shape index (κ1) is 28.0. The summed E-state index contributed by atoms with van der Waals surface area (Å²) in [6.07, 6.45) is -2.82. The topological polar surface area (TPSA) is 131 Å². The molecule has 14 heteroatoms. The number of carboxylic acids is 1. The largest absolute Gasteiger partial charge is 0.480 e. The lowest BCUT2D eigenvalue weighted by Crippen LogP contribution is -2.52. The van der Waals surface area contributed by atoms with Crippen LogP contribution in [-0.2, 0) is 4.79 Å². The Hall–Kier alpha value is -3.58. The van der Waals surface area contributed by atoms with Crippen LogP contribution in [0.5, 0.6) is 5.88 Å². The lowest BCUT2D eigenvalue weighted by Gasteiger charge is -2.46. The number of nitrogens with zero attached hydrogens (tertiary/aromatic N) is 5. The Balaban J connectivity index is 1.40. The number of carboxylic acid groups (broad SMARTS) is 1. The van der Waals surface area contributed by atoms with Gasteiger partial charge in [0.15, 0.2) is 0 Å². The summed E-state index contributed by atoms with van der Waals surface area (Å²) in [6.45, 7) is 3.44. The highest BCUT2D eigenvalue weighted by atomic mass is 35.5. The van der Waals surface area contributed by atoms with Crippen molar-refractivity contribution in [1.82, 2.24) is 25.1 Å². The molecule has 1 aromatic carbocycles. The summed E-state index contributed by atoms with van der Waals surface area (Å²) < 4.78 is 50.1. The monoisotopic (exact) mass is 579 g/mol. The van der Waals surface area contributed by atoms with E-state index in [1.54, 1.807) is 19.2 Å². The first-order valence-electron chi connectivity index (χ1n) is 12.8. The number of hydrogen-bond donors (Lipinski definition) is 3. The van der Waals surface area contributed by atoms with Gasteiger partial charge in [-0.15, -0.1) is 0 Å². The predicted molar refractivity (Wildman–Crippen MR) is 142 cm³/mol. The highest BCUT2D eigenvalue weighted by molar-refractivity contribution is 6.30. The van der Waals surface area contributed by atoms with Crippen molar-refractivity contribution in [3.63, 3.8) is 0 Å². The molecule has 2 fully saturated rings. The summed E-state index contributed by atoms with van der Waals surface area (Å²) in [5.74, 6) is -1.06. The molecule has 2 atom stereocenters. The van der Waals surface area contributed by atoms with E-state index in [4.69, 9.17) is 22.1 Å². The molecule has 2 saturated heterocycles. The maximum Gasteiger partial charge on any atom is 0.429 e. The number of nitrogen functional groups attached to an aromatic ring is 1. The van der Waals surface area contributed by atoms with E-state index in [9.17, 15) is 23.1 Å². The van der Waals surface area contributed by atoms with Crippen LogP contribution in [0.4, 0.5) is 24.9 Å². The number of rotatable bonds is 6. The third kappa shape index (κ3) is 5.94. The number of nitrogens with two attached hydrogens (primary N) is 1. The predicted octanol–water partition coefficient (Wildman–Crippen LogP) is 4.31. The molecule has 1 spiro atoms. The molecular weight excluding hydrogens is 551 g/mol. The van der Waals surface area contributed by atoms with Gasteiger partial charge in [-0.3, -0.25) is 4.79 Å². The van der Waals surface area contributed by atoms with E-state index in [0.717, 1.165) is 19.3 Å². The number of anilines is 2. The smallest absolute Gasteiger partial charge is 0.429 e. The van der Waals surface area contributed by atoms with Crippen molar-refractivity contribution in [3.05, 3.63) is 52.8 Å². The molecule has 0 saturated carbocycles. The minimum Gasteiger partial charge on any atom is -0.480 e. The first-order chi connectivity index (χ1) is 18.9. The number of carbonyl (C=O) groups is 1. The van der Waals surface area contributed by atoms with Gasteiger partial charge < -0.3 is 25.8 Å². The molecule has 1 unspecified atom stereocenters. The van der Waals surface area contributed by atoms with Crippen LogP contribution in [-0.4, -0.2) is 62.7 Å². The van der Waals surface area contributed by atoms with Crippen molar-refractivity contribution in [2.24, 2.45) is 5.41 Å². The van der Waals surface area contributed by atoms with Crippen LogP contribution in [0.15, 0.2) is 36.5 Å². The number of halogens is 4. The fourth-order valence-corrected chi connectivity index (χ4v) is 5.69. The molecule has 0 radical (unpaired) electrons. The van der Waals surface area contributed by atoms with Gasteiger partial charge in [-0.05, 0) is 62.8 Å². The second kappa shape index (κ2) is 10.8. The molecule has 40 heavy (non-hydrogen) atoms. The molecule has 214 valence electrons.